The Labute approximate surface area is 137 Å². The number of aromatic nitrogens is 1. The van der Waals surface area contributed by atoms with E-state index < -0.39 is 0 Å². The second kappa shape index (κ2) is 7.27. The first kappa shape index (κ1) is 15.5. The maximum absolute atomic E-state index is 11.8. The van der Waals surface area contributed by atoms with Gasteiger partial charge in [0.25, 0.3) is 5.91 Å². The Morgan fingerprint density at radius 2 is 2.09 bits per heavy atom. The second-order valence-corrected chi connectivity index (χ2v) is 5.96. The van der Waals surface area contributed by atoms with Crippen molar-refractivity contribution >= 4 is 11.7 Å². The Hall–Kier alpha value is -2.36. The van der Waals surface area contributed by atoms with E-state index in [9.17, 15) is 4.79 Å². The van der Waals surface area contributed by atoms with Crippen molar-refractivity contribution in [2.45, 2.75) is 25.7 Å². The summed E-state index contributed by atoms with van der Waals surface area (Å²) in [4.78, 5) is 18.6. The zero-order valence-electron chi connectivity index (χ0n) is 13.5. The van der Waals surface area contributed by atoms with Crippen molar-refractivity contribution in [2.24, 2.45) is 0 Å². The Kier molecular flexibility index (Phi) is 4.91. The number of piperidine rings is 1. The van der Waals surface area contributed by atoms with Gasteiger partial charge < -0.3 is 10.2 Å². The van der Waals surface area contributed by atoms with Gasteiger partial charge in [-0.3, -0.25) is 4.79 Å². The van der Waals surface area contributed by atoms with Crippen molar-refractivity contribution in [3.8, 4) is 0 Å². The highest BCUT2D eigenvalue weighted by molar-refractivity contribution is 5.94. The molecule has 4 heteroatoms. The van der Waals surface area contributed by atoms with E-state index in [0.29, 0.717) is 18.0 Å². The number of amides is 1. The molecule has 23 heavy (non-hydrogen) atoms. The van der Waals surface area contributed by atoms with Crippen LogP contribution in [0.3, 0.4) is 0 Å². The van der Waals surface area contributed by atoms with Crippen LogP contribution in [0.5, 0.6) is 0 Å². The van der Waals surface area contributed by atoms with Crippen LogP contribution >= 0.6 is 0 Å². The molecule has 1 aromatic heterocycles. The van der Waals surface area contributed by atoms with Crippen LogP contribution in [-0.4, -0.2) is 30.5 Å². The van der Waals surface area contributed by atoms with E-state index in [1.54, 1.807) is 6.20 Å². The molecule has 0 spiro atoms. The molecule has 0 radical (unpaired) electrons. The highest BCUT2D eigenvalue weighted by atomic mass is 16.1. The van der Waals surface area contributed by atoms with Gasteiger partial charge in [0.05, 0.1) is 5.56 Å². The molecule has 1 unspecified atom stereocenters. The number of anilines is 1. The first-order valence-electron chi connectivity index (χ1n) is 8.32. The van der Waals surface area contributed by atoms with Gasteiger partial charge in [-0.25, -0.2) is 4.98 Å². The van der Waals surface area contributed by atoms with E-state index in [-0.39, 0.29) is 5.91 Å². The molecule has 1 aromatic carbocycles. The van der Waals surface area contributed by atoms with Gasteiger partial charge in [0.2, 0.25) is 0 Å². The number of nitrogens with one attached hydrogen (secondary N) is 1. The zero-order valence-corrected chi connectivity index (χ0v) is 13.5. The molecule has 1 amide bonds. The Balaban J connectivity index is 1.70. The zero-order chi connectivity index (χ0) is 16.1. The van der Waals surface area contributed by atoms with E-state index in [4.69, 9.17) is 0 Å². The molecular weight excluding hydrogens is 286 g/mol. The summed E-state index contributed by atoms with van der Waals surface area (Å²) in [6.45, 7) is 4.55. The third-order valence-corrected chi connectivity index (χ3v) is 4.36. The smallest absolute Gasteiger partial charge is 0.252 e. The maximum atomic E-state index is 11.8. The van der Waals surface area contributed by atoms with E-state index in [1.807, 2.05) is 19.1 Å². The molecule has 1 atom stereocenters. The Morgan fingerprint density at radius 3 is 2.78 bits per heavy atom. The average Bonchev–Trinajstić information content (AvgIpc) is 2.63. The monoisotopic (exact) mass is 309 g/mol. The number of rotatable bonds is 4. The first-order valence-corrected chi connectivity index (χ1v) is 8.32. The molecule has 1 saturated heterocycles. The molecule has 3 rings (SSSR count). The van der Waals surface area contributed by atoms with Gasteiger partial charge >= 0.3 is 0 Å². The number of hydrogen-bond acceptors (Lipinski definition) is 3. The van der Waals surface area contributed by atoms with E-state index >= 15 is 0 Å². The van der Waals surface area contributed by atoms with Crippen molar-refractivity contribution in [3.63, 3.8) is 0 Å². The molecule has 2 heterocycles. The van der Waals surface area contributed by atoms with Crippen LogP contribution < -0.4 is 10.2 Å². The fourth-order valence-corrected chi connectivity index (χ4v) is 3.15. The summed E-state index contributed by atoms with van der Waals surface area (Å²) < 4.78 is 0. The fourth-order valence-electron chi connectivity index (χ4n) is 3.15. The largest absolute Gasteiger partial charge is 0.356 e. The van der Waals surface area contributed by atoms with Crippen LogP contribution in [0.2, 0.25) is 0 Å². The van der Waals surface area contributed by atoms with Crippen molar-refractivity contribution < 1.29 is 4.79 Å². The molecule has 0 bridgehead atoms. The van der Waals surface area contributed by atoms with Gasteiger partial charge in [0.15, 0.2) is 0 Å². The summed E-state index contributed by atoms with van der Waals surface area (Å²) in [7, 11) is 0. The molecule has 1 aliphatic heterocycles. The summed E-state index contributed by atoms with van der Waals surface area (Å²) in [5.41, 5.74) is 2.02. The number of hydrogen-bond donors (Lipinski definition) is 1. The van der Waals surface area contributed by atoms with Crippen molar-refractivity contribution in [2.75, 3.05) is 24.5 Å². The minimum absolute atomic E-state index is 0.0626. The van der Waals surface area contributed by atoms with Crippen LogP contribution in [0, 0.1) is 0 Å². The standard InChI is InChI=1S/C19H23N3O/c1-2-20-19(23)16-10-11-18(21-13-16)22-12-6-9-17(14-22)15-7-4-3-5-8-15/h3-5,7-8,10-11,13,17H,2,6,9,12,14H2,1H3,(H,20,23). The van der Waals surface area contributed by atoms with Crippen LogP contribution in [0.4, 0.5) is 5.82 Å². The molecule has 1 N–H and O–H groups in total. The Bertz CT molecular complexity index is 639. The van der Waals surface area contributed by atoms with Crippen LogP contribution in [0.1, 0.15) is 41.6 Å². The minimum atomic E-state index is -0.0626. The lowest BCUT2D eigenvalue weighted by Crippen LogP contribution is -2.35. The molecule has 1 fully saturated rings. The Morgan fingerprint density at radius 1 is 1.26 bits per heavy atom. The van der Waals surface area contributed by atoms with E-state index in [0.717, 1.165) is 18.9 Å². The summed E-state index contributed by atoms with van der Waals surface area (Å²) in [6.07, 6.45) is 4.06. The van der Waals surface area contributed by atoms with E-state index in [1.165, 1.54) is 18.4 Å². The summed E-state index contributed by atoms with van der Waals surface area (Å²) in [5, 5.41) is 2.80. The minimum Gasteiger partial charge on any atom is -0.356 e. The molecule has 2 aromatic rings. The predicted octanol–water partition coefficient (Wildman–Crippen LogP) is 3.22. The molecule has 0 aliphatic carbocycles. The van der Waals surface area contributed by atoms with Gasteiger partial charge in [-0.2, -0.15) is 0 Å². The topological polar surface area (TPSA) is 45.2 Å². The van der Waals surface area contributed by atoms with Crippen molar-refractivity contribution in [3.05, 3.63) is 59.8 Å². The number of benzene rings is 1. The highest BCUT2D eigenvalue weighted by Crippen LogP contribution is 2.29. The molecule has 0 saturated carbocycles. The molecule has 1 aliphatic rings. The van der Waals surface area contributed by atoms with E-state index in [2.05, 4.69) is 45.5 Å². The van der Waals surface area contributed by atoms with Gasteiger partial charge in [0.1, 0.15) is 5.82 Å². The lowest BCUT2D eigenvalue weighted by Gasteiger charge is -2.34. The van der Waals surface area contributed by atoms with Gasteiger partial charge in [-0.15, -0.1) is 0 Å². The van der Waals surface area contributed by atoms with Gasteiger partial charge in [-0.05, 0) is 37.5 Å². The van der Waals surface area contributed by atoms with Crippen LogP contribution in [0.15, 0.2) is 48.7 Å². The number of carbonyl (C=O) groups is 1. The summed E-state index contributed by atoms with van der Waals surface area (Å²) in [6, 6.07) is 14.5. The molecular formula is C19H23N3O. The number of pyridine rings is 1. The maximum Gasteiger partial charge on any atom is 0.252 e. The average molecular weight is 309 g/mol. The third-order valence-electron chi connectivity index (χ3n) is 4.36. The number of nitrogens with zero attached hydrogens (tertiary/aromatic N) is 2. The fraction of sp³-hybridized carbons (Fsp3) is 0.368. The first-order chi connectivity index (χ1) is 11.3. The summed E-state index contributed by atoms with van der Waals surface area (Å²) >= 11 is 0. The van der Waals surface area contributed by atoms with Crippen LogP contribution in [-0.2, 0) is 0 Å². The lowest BCUT2D eigenvalue weighted by atomic mass is 9.91. The quantitative estimate of drug-likeness (QED) is 0.943. The molecule has 4 nitrogen and oxygen atoms in total. The van der Waals surface area contributed by atoms with Crippen molar-refractivity contribution in [1.29, 1.82) is 0 Å². The van der Waals surface area contributed by atoms with Gasteiger partial charge in [0, 0.05) is 31.7 Å². The van der Waals surface area contributed by atoms with Crippen LogP contribution in [0.25, 0.3) is 0 Å². The van der Waals surface area contributed by atoms with Crippen molar-refractivity contribution in [1.82, 2.24) is 10.3 Å². The predicted molar refractivity (Wildman–Crippen MR) is 92.9 cm³/mol. The lowest BCUT2D eigenvalue weighted by molar-refractivity contribution is 0.0955. The molecule has 120 valence electrons. The number of carbonyl (C=O) groups excluding carboxylic acids is 1. The highest BCUT2D eigenvalue weighted by Gasteiger charge is 2.22. The second-order valence-electron chi connectivity index (χ2n) is 5.96. The third kappa shape index (κ3) is 3.70. The van der Waals surface area contributed by atoms with Gasteiger partial charge in [-0.1, -0.05) is 30.3 Å². The normalized spacial score (nSPS) is 17.8. The SMILES string of the molecule is CCNC(=O)c1ccc(N2CCCC(c3ccccc3)C2)nc1. The summed E-state index contributed by atoms with van der Waals surface area (Å²) in [5.74, 6) is 1.45.